The molecule has 0 aliphatic rings. The van der Waals surface area contributed by atoms with Crippen molar-refractivity contribution in [2.75, 3.05) is 12.3 Å². The van der Waals surface area contributed by atoms with Crippen molar-refractivity contribution in [2.24, 2.45) is 0 Å². The number of anilines is 1. The van der Waals surface area contributed by atoms with Crippen LogP contribution in [0.4, 0.5) is 5.82 Å². The quantitative estimate of drug-likeness (QED) is 0.155. The van der Waals surface area contributed by atoms with E-state index in [1.54, 1.807) is 47.1 Å². The van der Waals surface area contributed by atoms with Gasteiger partial charge < -0.3 is 20.9 Å². The molecule has 0 radical (unpaired) electrons. The highest BCUT2D eigenvalue weighted by atomic mass is 35.5. The zero-order valence-corrected chi connectivity index (χ0v) is 23.6. The van der Waals surface area contributed by atoms with Crippen LogP contribution in [0.2, 0.25) is 5.02 Å². The topological polar surface area (TPSA) is 156 Å². The molecule has 0 aliphatic heterocycles. The average molecular weight is 592 g/mol. The van der Waals surface area contributed by atoms with Crippen LogP contribution in [0.3, 0.4) is 0 Å². The van der Waals surface area contributed by atoms with E-state index in [2.05, 4.69) is 26.8 Å². The van der Waals surface area contributed by atoms with Gasteiger partial charge in [-0.2, -0.15) is 5.10 Å². The van der Waals surface area contributed by atoms with Gasteiger partial charge >= 0.3 is 0 Å². The predicted octanol–water partition coefficient (Wildman–Crippen LogP) is 4.63. The molecule has 1 atom stereocenters. The van der Waals surface area contributed by atoms with E-state index in [-0.39, 0.29) is 30.3 Å². The summed E-state index contributed by atoms with van der Waals surface area (Å²) in [5, 5.41) is 25.2. The highest BCUT2D eigenvalue weighted by Gasteiger charge is 2.24. The number of phenols is 1. The maximum absolute atomic E-state index is 13.5. The molecule has 0 aliphatic carbocycles. The molecule has 6 aromatic rings. The number of H-pyrrole nitrogens is 1. The zero-order valence-electron chi connectivity index (χ0n) is 22.8. The van der Waals surface area contributed by atoms with Crippen molar-refractivity contribution in [1.82, 2.24) is 29.7 Å². The highest BCUT2D eigenvalue weighted by Crippen LogP contribution is 2.33. The lowest BCUT2D eigenvalue weighted by Gasteiger charge is -2.18. The molecule has 0 saturated carbocycles. The van der Waals surface area contributed by atoms with Crippen molar-refractivity contribution in [1.29, 1.82) is 0 Å². The number of aromatic hydroxyl groups is 1. The molecule has 3 heterocycles. The summed E-state index contributed by atoms with van der Waals surface area (Å²) < 4.78 is 1.72. The lowest BCUT2D eigenvalue weighted by atomic mass is 9.97. The number of hydrogen-bond acceptors (Lipinski definition) is 8. The van der Waals surface area contributed by atoms with Gasteiger partial charge in [0, 0.05) is 29.2 Å². The van der Waals surface area contributed by atoms with Crippen molar-refractivity contribution < 1.29 is 10.2 Å². The van der Waals surface area contributed by atoms with E-state index >= 15 is 0 Å². The number of aromatic amines is 1. The van der Waals surface area contributed by atoms with Gasteiger partial charge in [0.05, 0.1) is 28.8 Å². The first-order chi connectivity index (χ1) is 20.9. The average Bonchev–Trinajstić information content (AvgIpc) is 3.38. The van der Waals surface area contributed by atoms with Gasteiger partial charge in [0.25, 0.3) is 5.56 Å². The Morgan fingerprint density at radius 1 is 1.05 bits per heavy atom. The number of hydrogen-bond donors (Lipinski definition) is 4. The van der Waals surface area contributed by atoms with Crippen LogP contribution in [-0.2, 0) is 6.54 Å². The number of rotatable bonds is 7. The monoisotopic (exact) mass is 591 g/mol. The number of aliphatic hydroxyl groups is 1. The molecule has 6 rings (SSSR count). The maximum Gasteiger partial charge on any atom is 0.260 e. The zero-order chi connectivity index (χ0) is 29.9. The fourth-order valence-corrected chi connectivity index (χ4v) is 5.23. The number of nitrogens with zero attached hydrogens (tertiary/aromatic N) is 5. The number of halogens is 1. The molecule has 214 valence electrons. The second-order valence-corrected chi connectivity index (χ2v) is 10.4. The Kier molecular flexibility index (Phi) is 7.75. The molecule has 0 saturated heterocycles. The van der Waals surface area contributed by atoms with Gasteiger partial charge in [-0.3, -0.25) is 4.79 Å². The number of phenolic OH excluding ortho intramolecular Hbond substituents is 1. The summed E-state index contributed by atoms with van der Waals surface area (Å²) in [5.41, 5.74) is 9.66. The number of nitrogens with one attached hydrogen (secondary N) is 1. The Bertz CT molecular complexity index is 2080. The van der Waals surface area contributed by atoms with Gasteiger partial charge in [-0.1, -0.05) is 41.6 Å². The second kappa shape index (κ2) is 11.9. The van der Waals surface area contributed by atoms with Crippen LogP contribution in [0.1, 0.15) is 35.7 Å². The van der Waals surface area contributed by atoms with Crippen molar-refractivity contribution in [3.05, 3.63) is 105 Å². The molecule has 0 spiro atoms. The van der Waals surface area contributed by atoms with E-state index in [1.165, 1.54) is 6.33 Å². The molecule has 0 fully saturated rings. The number of nitrogens with two attached hydrogens (primary N) is 1. The summed E-state index contributed by atoms with van der Waals surface area (Å²) in [6.07, 6.45) is 2.46. The van der Waals surface area contributed by atoms with Crippen LogP contribution < -0.4 is 11.3 Å². The predicted molar refractivity (Wildman–Crippen MR) is 166 cm³/mol. The van der Waals surface area contributed by atoms with Crippen LogP contribution in [0.25, 0.3) is 33.2 Å². The Hall–Kier alpha value is -5.24. The Balaban J connectivity index is 1.50. The van der Waals surface area contributed by atoms with Crippen LogP contribution in [0.5, 0.6) is 5.75 Å². The van der Waals surface area contributed by atoms with E-state index < -0.39 is 5.92 Å². The largest absolute Gasteiger partial charge is 0.508 e. The molecular formula is C32H26ClN7O3. The van der Waals surface area contributed by atoms with Crippen molar-refractivity contribution >= 4 is 39.4 Å². The Labute approximate surface area is 250 Å². The normalized spacial score (nSPS) is 11.9. The van der Waals surface area contributed by atoms with Crippen LogP contribution in [0.15, 0.2) is 77.9 Å². The highest BCUT2D eigenvalue weighted by molar-refractivity contribution is 6.30. The first kappa shape index (κ1) is 27.9. The minimum Gasteiger partial charge on any atom is -0.508 e. The van der Waals surface area contributed by atoms with Crippen LogP contribution in [-0.4, -0.2) is 46.5 Å². The van der Waals surface area contributed by atoms with Crippen molar-refractivity contribution in [3.8, 4) is 28.8 Å². The third-order valence-corrected chi connectivity index (χ3v) is 7.31. The molecule has 3 aromatic carbocycles. The van der Waals surface area contributed by atoms with Gasteiger partial charge in [0.1, 0.15) is 29.4 Å². The number of nitrogen functional groups attached to an aromatic ring is 1. The molecule has 5 N–H and O–H groups in total. The summed E-state index contributed by atoms with van der Waals surface area (Å²) in [7, 11) is 0. The number of fused-ring (bicyclic) bond motifs is 2. The lowest BCUT2D eigenvalue weighted by molar-refractivity contribution is 0.290. The first-order valence-corrected chi connectivity index (χ1v) is 13.9. The van der Waals surface area contributed by atoms with Gasteiger partial charge in [-0.05, 0) is 60.5 Å². The van der Waals surface area contributed by atoms with E-state index in [0.29, 0.717) is 56.9 Å². The fraction of sp³-hybridized carbons (Fsp3) is 0.156. The smallest absolute Gasteiger partial charge is 0.260 e. The third-order valence-electron chi connectivity index (χ3n) is 7.07. The van der Waals surface area contributed by atoms with Crippen molar-refractivity contribution in [2.45, 2.75) is 25.3 Å². The molecule has 43 heavy (non-hydrogen) atoms. The molecule has 10 nitrogen and oxygen atoms in total. The first-order valence-electron chi connectivity index (χ1n) is 13.6. The number of aromatic nitrogens is 6. The Morgan fingerprint density at radius 3 is 2.65 bits per heavy atom. The molecule has 1 unspecified atom stereocenters. The number of aliphatic hydroxyl groups excluding tert-OH is 1. The molecule has 3 aromatic heterocycles. The Morgan fingerprint density at radius 2 is 1.86 bits per heavy atom. The standard InChI is InChI=1S/C32H26ClN7O3/c33-22-9-4-8-21(16-22)24(30-37-25-10-5-7-19(6-2-1-3-15-41)26(25)32(43)38-30)17-40-31-27(29(34)35-18-36-31)28(39-40)20-11-13-23(42)14-12-20/h4-5,7-14,16,18,24,41-42H,1,3,15,17H2,(H2,34,35,36)(H,37,38,43). The van der Waals surface area contributed by atoms with Gasteiger partial charge in [0.15, 0.2) is 5.65 Å². The van der Waals surface area contributed by atoms with E-state index in [1.807, 2.05) is 24.3 Å². The summed E-state index contributed by atoms with van der Waals surface area (Å²) in [6, 6.07) is 19.4. The molecule has 0 amide bonds. The van der Waals surface area contributed by atoms with E-state index in [4.69, 9.17) is 32.5 Å². The summed E-state index contributed by atoms with van der Waals surface area (Å²) in [5.74, 6) is 6.38. The van der Waals surface area contributed by atoms with E-state index in [0.717, 1.165) is 11.1 Å². The number of unbranched alkanes of at least 4 members (excludes halogenated alkanes) is 1. The van der Waals surface area contributed by atoms with E-state index in [9.17, 15) is 9.90 Å². The fourth-order valence-electron chi connectivity index (χ4n) is 5.03. The van der Waals surface area contributed by atoms with Crippen LogP contribution in [0, 0.1) is 11.8 Å². The second-order valence-electron chi connectivity index (χ2n) is 9.92. The minimum absolute atomic E-state index is 0.0567. The minimum atomic E-state index is -0.484. The van der Waals surface area contributed by atoms with Gasteiger partial charge in [-0.25, -0.2) is 19.6 Å². The van der Waals surface area contributed by atoms with Crippen LogP contribution >= 0.6 is 11.6 Å². The third kappa shape index (κ3) is 5.64. The van der Waals surface area contributed by atoms with Gasteiger partial charge in [0.2, 0.25) is 0 Å². The number of benzene rings is 3. The molecule has 0 bridgehead atoms. The lowest BCUT2D eigenvalue weighted by Crippen LogP contribution is -2.20. The van der Waals surface area contributed by atoms with Crippen molar-refractivity contribution in [3.63, 3.8) is 0 Å². The summed E-state index contributed by atoms with van der Waals surface area (Å²) in [4.78, 5) is 30.1. The molecule has 11 heteroatoms. The molecular weight excluding hydrogens is 566 g/mol. The maximum atomic E-state index is 13.5. The van der Waals surface area contributed by atoms with Gasteiger partial charge in [-0.15, -0.1) is 0 Å². The summed E-state index contributed by atoms with van der Waals surface area (Å²) in [6.45, 7) is 0.293. The SMILES string of the molecule is Nc1ncnc2c1c(-c1ccc(O)cc1)nn2CC(c1cccc(Cl)c1)c1nc2cccc(C#CCCCO)c2c(=O)[nH]1. The summed E-state index contributed by atoms with van der Waals surface area (Å²) >= 11 is 6.41.